The molecule has 4 rings (SSSR count). The van der Waals surface area contributed by atoms with E-state index in [1.807, 2.05) is 6.08 Å². The number of halogens is 4. The maximum Gasteiger partial charge on any atom is 0.573 e. The molecule has 0 saturated heterocycles. The van der Waals surface area contributed by atoms with Gasteiger partial charge in [0.25, 0.3) is 11.8 Å². The number of ether oxygens (including phenoxy) is 3. The summed E-state index contributed by atoms with van der Waals surface area (Å²) in [5.74, 6) is -4.26. The van der Waals surface area contributed by atoms with Crippen LogP contribution in [0.3, 0.4) is 0 Å². The van der Waals surface area contributed by atoms with Gasteiger partial charge in [-0.2, -0.15) is 0 Å². The lowest BCUT2D eigenvalue weighted by molar-refractivity contribution is -0.274. The molecular weight excluding hydrogens is 619 g/mol. The van der Waals surface area contributed by atoms with Crippen LogP contribution in [0.2, 0.25) is 0 Å². The maximum atomic E-state index is 15.7. The molecule has 222 valence electrons. The van der Waals surface area contributed by atoms with Crippen LogP contribution in [0, 0.1) is 5.82 Å². The van der Waals surface area contributed by atoms with Gasteiger partial charge in [-0.05, 0) is 73.2 Å². The highest BCUT2D eigenvalue weighted by Crippen LogP contribution is 2.42. The van der Waals surface area contributed by atoms with Crippen molar-refractivity contribution in [3.05, 3.63) is 77.4 Å². The first-order valence-corrected chi connectivity index (χ1v) is 13.6. The molecule has 0 unspecified atom stereocenters. The van der Waals surface area contributed by atoms with Gasteiger partial charge in [-0.25, -0.2) is 4.39 Å². The number of hydrogen-bond donors (Lipinski definition) is 5. The third-order valence-corrected chi connectivity index (χ3v) is 6.10. The number of nitrogens with two attached hydrogens (primary N) is 1. The van der Waals surface area contributed by atoms with Crippen molar-refractivity contribution in [2.24, 2.45) is 5.73 Å². The first-order valence-electron chi connectivity index (χ1n) is 12.2. The molecule has 0 spiro atoms. The average Bonchev–Trinajstić information content (AvgIpc) is 2.88. The van der Waals surface area contributed by atoms with Gasteiger partial charge in [0.1, 0.15) is 28.6 Å². The van der Waals surface area contributed by atoms with Crippen LogP contribution in [0.15, 0.2) is 54.7 Å². The fourth-order valence-corrected chi connectivity index (χ4v) is 4.42. The molecule has 0 radical (unpaired) electrons. The smallest absolute Gasteiger partial charge is 0.455 e. The van der Waals surface area contributed by atoms with E-state index in [1.165, 1.54) is 30.5 Å². The summed E-state index contributed by atoms with van der Waals surface area (Å²) in [7, 11) is 0. The van der Waals surface area contributed by atoms with E-state index in [0.717, 1.165) is 43.0 Å². The summed E-state index contributed by atoms with van der Waals surface area (Å²) < 4.78 is 67.8. The van der Waals surface area contributed by atoms with E-state index in [0.29, 0.717) is 12.0 Å². The molecule has 3 aromatic rings. The van der Waals surface area contributed by atoms with Gasteiger partial charge in [0, 0.05) is 18.0 Å². The number of pyridine rings is 1. The average molecular weight is 642 g/mol. The lowest BCUT2D eigenvalue weighted by Crippen LogP contribution is -2.18. The van der Waals surface area contributed by atoms with Crippen molar-refractivity contribution in [2.75, 3.05) is 5.32 Å². The summed E-state index contributed by atoms with van der Waals surface area (Å²) in [6, 6.07) is 8.07. The minimum Gasteiger partial charge on any atom is -0.455 e. The molecule has 1 aliphatic rings. The normalized spacial score (nSPS) is 13.6. The zero-order valence-electron chi connectivity index (χ0n) is 21.4. The molecule has 0 saturated carbocycles. The summed E-state index contributed by atoms with van der Waals surface area (Å²) >= 11 is 12.0. The number of anilines is 1. The highest BCUT2D eigenvalue weighted by molar-refractivity contribution is 8.16. The second-order valence-corrected chi connectivity index (χ2v) is 11.9. The fraction of sp³-hybridized carbons (Fsp3) is 0.222. The SMILES string of the molecule is NC(=O)c1cc(NC(=O)c2c(F)cc(C3=CCCCC3)cc2Oc2ccc(OC(F)(F)F)cc2OC(S)(S)S)ccn1. The number of carbonyl (C=O) groups excluding carboxylic acids is 2. The molecule has 1 aliphatic carbocycles. The second kappa shape index (κ2) is 12.8. The van der Waals surface area contributed by atoms with E-state index in [2.05, 4.69) is 52.9 Å². The van der Waals surface area contributed by atoms with Crippen LogP contribution in [0.1, 0.15) is 52.1 Å². The van der Waals surface area contributed by atoms with Gasteiger partial charge in [-0.15, -0.1) is 51.1 Å². The van der Waals surface area contributed by atoms with Crippen molar-refractivity contribution in [1.82, 2.24) is 4.98 Å². The van der Waals surface area contributed by atoms with Gasteiger partial charge in [0.15, 0.2) is 11.5 Å². The number of nitrogens with zero attached hydrogens (tertiary/aromatic N) is 1. The van der Waals surface area contributed by atoms with Gasteiger partial charge < -0.3 is 25.3 Å². The number of aromatic nitrogens is 1. The van der Waals surface area contributed by atoms with E-state index in [4.69, 9.17) is 15.2 Å². The topological polar surface area (TPSA) is 113 Å². The van der Waals surface area contributed by atoms with E-state index < -0.39 is 38.9 Å². The monoisotopic (exact) mass is 641 g/mol. The Kier molecular flexibility index (Phi) is 9.53. The van der Waals surface area contributed by atoms with Crippen molar-refractivity contribution < 1.29 is 41.4 Å². The molecule has 0 aliphatic heterocycles. The first kappa shape index (κ1) is 31.4. The largest absolute Gasteiger partial charge is 0.573 e. The molecule has 2 amide bonds. The van der Waals surface area contributed by atoms with Crippen molar-refractivity contribution in [3.8, 4) is 23.0 Å². The van der Waals surface area contributed by atoms with Crippen molar-refractivity contribution in [2.45, 2.75) is 35.6 Å². The fourth-order valence-electron chi connectivity index (χ4n) is 4.12. The van der Waals surface area contributed by atoms with Crippen LogP contribution < -0.4 is 25.3 Å². The third-order valence-electron chi connectivity index (χ3n) is 5.83. The number of thiol groups is 3. The van der Waals surface area contributed by atoms with E-state index in [1.54, 1.807) is 0 Å². The molecular formula is C27H23F4N3O5S3. The Morgan fingerprint density at radius 3 is 2.36 bits per heavy atom. The zero-order valence-corrected chi connectivity index (χ0v) is 24.1. The number of nitrogens with one attached hydrogen (secondary N) is 1. The molecule has 3 N–H and O–H groups in total. The predicted octanol–water partition coefficient (Wildman–Crippen LogP) is 7.00. The molecule has 15 heteroatoms. The Balaban J connectivity index is 1.79. The van der Waals surface area contributed by atoms with Crippen molar-refractivity contribution in [1.29, 1.82) is 0 Å². The molecule has 0 bridgehead atoms. The van der Waals surface area contributed by atoms with Crippen LogP contribution in [0.4, 0.5) is 23.2 Å². The number of rotatable bonds is 9. The number of alkyl halides is 3. The van der Waals surface area contributed by atoms with Crippen LogP contribution in [-0.2, 0) is 0 Å². The van der Waals surface area contributed by atoms with Crippen LogP contribution in [0.5, 0.6) is 23.0 Å². The molecule has 8 nitrogen and oxygen atoms in total. The molecule has 1 aromatic heterocycles. The standard InChI is InChI=1S/C27H23F4N3O5S3/c28-18-10-15(14-4-2-1-3-5-14)11-22(23(18)25(36)34-16-8-9-33-19(12-16)24(32)35)37-20-7-6-17(38-26(29,30)31)13-21(20)39-27(40,41)42/h4,6-13,40-42H,1-3,5H2,(H2,32,35)(H,33,34,36). The number of carbonyl (C=O) groups is 2. The number of primary amides is 1. The Hall–Kier alpha value is -3.56. The Labute approximate surface area is 253 Å². The minimum atomic E-state index is -5.00. The molecule has 1 heterocycles. The first-order chi connectivity index (χ1) is 19.7. The summed E-state index contributed by atoms with van der Waals surface area (Å²) in [5, 5.41) is 2.47. The van der Waals surface area contributed by atoms with Crippen LogP contribution in [-0.4, -0.2) is 26.8 Å². The van der Waals surface area contributed by atoms with Gasteiger partial charge >= 0.3 is 6.36 Å². The molecule has 2 aromatic carbocycles. The lowest BCUT2D eigenvalue weighted by Gasteiger charge is -2.22. The molecule has 42 heavy (non-hydrogen) atoms. The summed E-state index contributed by atoms with van der Waals surface area (Å²) in [6.45, 7) is 0. The summed E-state index contributed by atoms with van der Waals surface area (Å²) in [5.41, 5.74) is 5.95. The second-order valence-electron chi connectivity index (χ2n) is 8.99. The zero-order chi connectivity index (χ0) is 30.7. The van der Waals surface area contributed by atoms with E-state index in [9.17, 15) is 22.8 Å². The molecule has 0 fully saturated rings. The Morgan fingerprint density at radius 2 is 1.71 bits per heavy atom. The number of amides is 2. The highest BCUT2D eigenvalue weighted by atomic mass is 32.2. The quantitative estimate of drug-likeness (QED) is 0.0978. The number of hydrogen-bond acceptors (Lipinski definition) is 9. The van der Waals surface area contributed by atoms with E-state index >= 15 is 4.39 Å². The van der Waals surface area contributed by atoms with Gasteiger partial charge in [-0.3, -0.25) is 14.6 Å². The minimum absolute atomic E-state index is 0.0934. The summed E-state index contributed by atoms with van der Waals surface area (Å²) in [4.78, 5) is 28.6. The third kappa shape index (κ3) is 8.49. The van der Waals surface area contributed by atoms with Crippen LogP contribution in [0.25, 0.3) is 5.57 Å². The van der Waals surface area contributed by atoms with Gasteiger partial charge in [0.2, 0.25) is 3.60 Å². The van der Waals surface area contributed by atoms with E-state index in [-0.39, 0.29) is 28.6 Å². The summed E-state index contributed by atoms with van der Waals surface area (Å²) in [6.07, 6.45) is 1.48. The lowest BCUT2D eigenvalue weighted by atomic mass is 9.92. The van der Waals surface area contributed by atoms with Gasteiger partial charge in [-0.1, -0.05) is 6.08 Å². The number of allylic oxidation sites excluding steroid dienone is 2. The highest BCUT2D eigenvalue weighted by Gasteiger charge is 2.32. The maximum absolute atomic E-state index is 15.7. The van der Waals surface area contributed by atoms with Crippen molar-refractivity contribution >= 4 is 61.0 Å². The number of benzene rings is 2. The molecule has 0 atom stereocenters. The Bertz CT molecular complexity index is 1540. The van der Waals surface area contributed by atoms with Crippen LogP contribution >= 0.6 is 37.9 Å². The van der Waals surface area contributed by atoms with Crippen molar-refractivity contribution in [3.63, 3.8) is 0 Å². The van der Waals surface area contributed by atoms with Gasteiger partial charge in [0.05, 0.1) is 0 Å². The predicted molar refractivity (Wildman–Crippen MR) is 157 cm³/mol. The Morgan fingerprint density at radius 1 is 0.952 bits per heavy atom.